The molecule has 1 aliphatic rings. The van der Waals surface area contributed by atoms with E-state index in [1.54, 1.807) is 7.11 Å². The number of alkyl halides is 1. The van der Waals surface area contributed by atoms with Crippen LogP contribution in [0.1, 0.15) is 30.4 Å². The van der Waals surface area contributed by atoms with Crippen LogP contribution in [0.4, 0.5) is 0 Å². The van der Waals surface area contributed by atoms with Gasteiger partial charge in [-0.15, -0.1) is 11.6 Å². The molecule has 0 unspecified atom stereocenters. The number of ether oxygens (including phenoxy) is 1. The highest BCUT2D eigenvalue weighted by Crippen LogP contribution is 2.48. The fourth-order valence-corrected chi connectivity index (χ4v) is 2.80. The van der Waals surface area contributed by atoms with Gasteiger partial charge in [0.05, 0.1) is 7.11 Å². The minimum absolute atomic E-state index is 0.485. The Balaban J connectivity index is 1.88. The highest BCUT2D eigenvalue weighted by atomic mass is 35.5. The minimum Gasteiger partial charge on any atom is -0.496 e. The predicted octanol–water partition coefficient (Wildman–Crippen LogP) is 3.50. The molecule has 1 N–H and O–H groups in total. The van der Waals surface area contributed by atoms with E-state index in [1.165, 1.54) is 24.0 Å². The molecule has 0 saturated heterocycles. The number of aryl methyl sites for hydroxylation is 1. The second-order valence-electron chi connectivity index (χ2n) is 5.36. The van der Waals surface area contributed by atoms with Crippen molar-refractivity contribution >= 4 is 11.6 Å². The molecule has 1 aromatic rings. The maximum absolute atomic E-state index is 5.84. The Morgan fingerprint density at radius 1 is 1.39 bits per heavy atom. The number of hydrogen-bond acceptors (Lipinski definition) is 2. The second kappa shape index (κ2) is 5.94. The van der Waals surface area contributed by atoms with Crippen LogP contribution in [0.3, 0.4) is 0 Å². The molecule has 0 radical (unpaired) electrons. The average Bonchev–Trinajstić information content (AvgIpc) is 3.10. The molecule has 0 heterocycles. The fraction of sp³-hybridized carbons (Fsp3) is 0.600. The van der Waals surface area contributed by atoms with Crippen molar-refractivity contribution in [2.45, 2.75) is 32.7 Å². The molecule has 0 atom stereocenters. The van der Waals surface area contributed by atoms with Gasteiger partial charge in [-0.25, -0.2) is 0 Å². The molecule has 2 nitrogen and oxygen atoms in total. The number of rotatable bonds is 7. The van der Waals surface area contributed by atoms with Gasteiger partial charge in [0.25, 0.3) is 0 Å². The van der Waals surface area contributed by atoms with Gasteiger partial charge in [-0.1, -0.05) is 17.7 Å². The summed E-state index contributed by atoms with van der Waals surface area (Å²) in [5.74, 6) is 1.74. The van der Waals surface area contributed by atoms with Crippen molar-refractivity contribution in [2.24, 2.45) is 5.41 Å². The molecule has 0 bridgehead atoms. The molecule has 0 aromatic heterocycles. The second-order valence-corrected chi connectivity index (χ2v) is 5.74. The molecular weight excluding hydrogens is 246 g/mol. The molecule has 3 heteroatoms. The van der Waals surface area contributed by atoms with Crippen molar-refractivity contribution in [3.05, 3.63) is 29.3 Å². The van der Waals surface area contributed by atoms with Crippen LogP contribution in [0.25, 0.3) is 0 Å². The van der Waals surface area contributed by atoms with E-state index in [9.17, 15) is 0 Å². The molecular formula is C15H22ClNO. The van der Waals surface area contributed by atoms with Crippen LogP contribution in [0.5, 0.6) is 5.75 Å². The SMILES string of the molecule is COc1ccc(C)cc1CNCC1(CCCl)CC1. The number of nitrogens with one attached hydrogen (secondary N) is 1. The summed E-state index contributed by atoms with van der Waals surface area (Å²) in [6.45, 7) is 4.05. The summed E-state index contributed by atoms with van der Waals surface area (Å²) in [4.78, 5) is 0. The molecule has 0 amide bonds. The molecule has 0 aliphatic heterocycles. The van der Waals surface area contributed by atoms with E-state index in [0.29, 0.717) is 5.41 Å². The molecule has 18 heavy (non-hydrogen) atoms. The number of halogens is 1. The van der Waals surface area contributed by atoms with Crippen LogP contribution < -0.4 is 10.1 Å². The Morgan fingerprint density at radius 2 is 2.17 bits per heavy atom. The predicted molar refractivity (Wildman–Crippen MR) is 76.4 cm³/mol. The van der Waals surface area contributed by atoms with Crippen LogP contribution in [0.2, 0.25) is 0 Å². The first kappa shape index (κ1) is 13.7. The topological polar surface area (TPSA) is 21.3 Å². The first-order chi connectivity index (χ1) is 8.69. The van der Waals surface area contributed by atoms with Gasteiger partial charge in [-0.05, 0) is 37.7 Å². The molecule has 1 saturated carbocycles. The summed E-state index contributed by atoms with van der Waals surface area (Å²) in [5, 5.41) is 3.55. The molecule has 0 spiro atoms. The van der Waals surface area contributed by atoms with Gasteiger partial charge in [0.1, 0.15) is 5.75 Å². The van der Waals surface area contributed by atoms with Crippen molar-refractivity contribution in [3.63, 3.8) is 0 Å². The van der Waals surface area contributed by atoms with Crippen molar-refractivity contribution in [2.75, 3.05) is 19.5 Å². The summed E-state index contributed by atoms with van der Waals surface area (Å²) < 4.78 is 5.39. The van der Waals surface area contributed by atoms with Crippen molar-refractivity contribution in [1.29, 1.82) is 0 Å². The smallest absolute Gasteiger partial charge is 0.123 e. The Morgan fingerprint density at radius 3 is 2.78 bits per heavy atom. The zero-order valence-corrected chi connectivity index (χ0v) is 12.0. The molecule has 1 fully saturated rings. The third-order valence-corrected chi connectivity index (χ3v) is 4.02. The molecule has 100 valence electrons. The van der Waals surface area contributed by atoms with E-state index in [4.69, 9.17) is 16.3 Å². The van der Waals surface area contributed by atoms with Gasteiger partial charge in [-0.3, -0.25) is 0 Å². The summed E-state index contributed by atoms with van der Waals surface area (Å²) in [7, 11) is 1.73. The standard InChI is InChI=1S/C15H22ClNO/c1-12-3-4-14(18-2)13(9-12)10-17-11-15(5-6-15)7-8-16/h3-4,9,17H,5-8,10-11H2,1-2H3. The number of hydrogen-bond donors (Lipinski definition) is 1. The van der Waals surface area contributed by atoms with Crippen molar-refractivity contribution in [1.82, 2.24) is 5.32 Å². The normalized spacial score (nSPS) is 16.6. The maximum Gasteiger partial charge on any atom is 0.123 e. The fourth-order valence-electron chi connectivity index (χ4n) is 2.40. The van der Waals surface area contributed by atoms with Gasteiger partial charge in [-0.2, -0.15) is 0 Å². The van der Waals surface area contributed by atoms with Gasteiger partial charge in [0.2, 0.25) is 0 Å². The maximum atomic E-state index is 5.84. The van der Waals surface area contributed by atoms with E-state index >= 15 is 0 Å². The van der Waals surface area contributed by atoms with E-state index in [0.717, 1.165) is 31.1 Å². The molecule has 1 aromatic carbocycles. The third-order valence-electron chi connectivity index (χ3n) is 3.83. The van der Waals surface area contributed by atoms with Crippen LogP contribution >= 0.6 is 11.6 Å². The van der Waals surface area contributed by atoms with E-state index in [2.05, 4.69) is 24.4 Å². The van der Waals surface area contributed by atoms with Gasteiger partial charge in [0.15, 0.2) is 0 Å². The molecule has 1 aliphatic carbocycles. The van der Waals surface area contributed by atoms with Crippen LogP contribution in [-0.4, -0.2) is 19.5 Å². The van der Waals surface area contributed by atoms with Crippen molar-refractivity contribution < 1.29 is 4.74 Å². The zero-order valence-electron chi connectivity index (χ0n) is 11.3. The summed E-state index contributed by atoms with van der Waals surface area (Å²) in [6.07, 6.45) is 3.77. The van der Waals surface area contributed by atoms with Crippen LogP contribution in [0.15, 0.2) is 18.2 Å². The Labute approximate surface area is 115 Å². The van der Waals surface area contributed by atoms with E-state index < -0.39 is 0 Å². The lowest BCUT2D eigenvalue weighted by molar-refractivity contribution is 0.402. The largest absolute Gasteiger partial charge is 0.496 e. The number of benzene rings is 1. The van der Waals surface area contributed by atoms with Gasteiger partial charge >= 0.3 is 0 Å². The molecule has 2 rings (SSSR count). The Bertz CT molecular complexity index is 401. The Kier molecular flexibility index (Phi) is 4.52. The van der Waals surface area contributed by atoms with Gasteiger partial charge < -0.3 is 10.1 Å². The van der Waals surface area contributed by atoms with Crippen molar-refractivity contribution in [3.8, 4) is 5.75 Å². The highest BCUT2D eigenvalue weighted by Gasteiger charge is 2.41. The van der Waals surface area contributed by atoms with Crippen LogP contribution in [0, 0.1) is 12.3 Å². The van der Waals surface area contributed by atoms with E-state index in [-0.39, 0.29) is 0 Å². The zero-order chi connectivity index (χ0) is 13.0. The minimum atomic E-state index is 0.485. The third kappa shape index (κ3) is 3.39. The summed E-state index contributed by atoms with van der Waals surface area (Å²) in [5.41, 5.74) is 2.99. The highest BCUT2D eigenvalue weighted by molar-refractivity contribution is 6.17. The lowest BCUT2D eigenvalue weighted by Gasteiger charge is -2.16. The monoisotopic (exact) mass is 267 g/mol. The quantitative estimate of drug-likeness (QED) is 0.764. The van der Waals surface area contributed by atoms with E-state index in [1.807, 2.05) is 6.07 Å². The first-order valence-corrected chi connectivity index (χ1v) is 7.13. The summed E-state index contributed by atoms with van der Waals surface area (Å²) in [6, 6.07) is 6.31. The van der Waals surface area contributed by atoms with Gasteiger partial charge in [0, 0.05) is 24.5 Å². The summed E-state index contributed by atoms with van der Waals surface area (Å²) >= 11 is 5.84. The lowest BCUT2D eigenvalue weighted by Crippen LogP contribution is -2.24. The average molecular weight is 268 g/mol. The number of methoxy groups -OCH3 is 1. The Hall–Kier alpha value is -0.730. The van der Waals surface area contributed by atoms with Crippen LogP contribution in [-0.2, 0) is 6.54 Å². The lowest BCUT2D eigenvalue weighted by atomic mass is 10.0. The first-order valence-electron chi connectivity index (χ1n) is 6.59.